The van der Waals surface area contributed by atoms with Crippen LogP contribution >= 0.6 is 0 Å². The van der Waals surface area contributed by atoms with Crippen molar-refractivity contribution in [2.24, 2.45) is 5.92 Å². The van der Waals surface area contributed by atoms with Crippen LogP contribution in [0.25, 0.3) is 0 Å². The zero-order valence-corrected chi connectivity index (χ0v) is 17.9. The van der Waals surface area contributed by atoms with E-state index < -0.39 is 31.1 Å². The molecule has 2 aromatic rings. The Bertz CT molecular complexity index is 1020. The van der Waals surface area contributed by atoms with Crippen LogP contribution in [0.5, 0.6) is 0 Å². The fraction of sp³-hybridized carbons (Fsp3) is 0.529. The number of benzene rings is 1. The molecule has 1 heterocycles. The quantitative estimate of drug-likeness (QED) is 0.737. The lowest BCUT2D eigenvalue weighted by molar-refractivity contribution is 0.340. The van der Waals surface area contributed by atoms with Crippen LogP contribution in [0.4, 0.5) is 0 Å². The highest BCUT2D eigenvalue weighted by molar-refractivity contribution is 7.90. The average molecular weight is 416 g/mol. The van der Waals surface area contributed by atoms with Crippen molar-refractivity contribution in [3.05, 3.63) is 34.7 Å². The second-order valence-corrected chi connectivity index (χ2v) is 10.8. The van der Waals surface area contributed by atoms with Gasteiger partial charge in [-0.05, 0) is 44.2 Å². The van der Waals surface area contributed by atoms with Crippen molar-refractivity contribution in [1.29, 1.82) is 0 Å². The van der Waals surface area contributed by atoms with Crippen molar-refractivity contribution in [2.45, 2.75) is 57.2 Å². The van der Waals surface area contributed by atoms with Crippen molar-refractivity contribution in [3.63, 3.8) is 0 Å². The van der Waals surface area contributed by atoms with Crippen molar-refractivity contribution < 1.29 is 21.3 Å². The molecule has 1 atom stereocenters. The molecule has 0 amide bonds. The Morgan fingerprint density at radius 2 is 1.59 bits per heavy atom. The molecule has 0 saturated carbocycles. The first-order valence-electron chi connectivity index (χ1n) is 8.45. The number of sulfone groups is 1. The van der Waals surface area contributed by atoms with Crippen LogP contribution in [-0.2, 0) is 19.9 Å². The topological polar surface area (TPSA) is 119 Å². The Morgan fingerprint density at radius 1 is 1.04 bits per heavy atom. The number of aryl methyl sites for hydroxylation is 3. The summed E-state index contributed by atoms with van der Waals surface area (Å²) in [7, 11) is -7.56. The van der Waals surface area contributed by atoms with Gasteiger partial charge in [0, 0.05) is 6.26 Å². The van der Waals surface area contributed by atoms with Gasteiger partial charge in [-0.15, -0.1) is 5.10 Å². The van der Waals surface area contributed by atoms with Gasteiger partial charge >= 0.3 is 5.22 Å². The molecular weight excluding hydrogens is 390 g/mol. The molecule has 10 heteroatoms. The first kappa shape index (κ1) is 21.5. The number of hydrogen-bond donors (Lipinski definition) is 1. The predicted molar refractivity (Wildman–Crippen MR) is 101 cm³/mol. The third-order valence-electron chi connectivity index (χ3n) is 3.92. The van der Waals surface area contributed by atoms with Gasteiger partial charge in [0.1, 0.15) is 6.04 Å². The van der Waals surface area contributed by atoms with Crippen LogP contribution in [-0.4, -0.2) is 33.3 Å². The van der Waals surface area contributed by atoms with Crippen LogP contribution in [0.2, 0.25) is 0 Å². The van der Waals surface area contributed by atoms with Crippen LogP contribution in [0, 0.1) is 26.7 Å². The third kappa shape index (κ3) is 5.14. The Labute approximate surface area is 160 Å². The minimum atomic E-state index is -3.88. The maximum absolute atomic E-state index is 13.0. The van der Waals surface area contributed by atoms with E-state index in [1.807, 2.05) is 20.8 Å². The highest BCUT2D eigenvalue weighted by Crippen LogP contribution is 2.27. The Hall–Kier alpha value is -1.78. The second-order valence-electron chi connectivity index (χ2n) is 7.21. The van der Waals surface area contributed by atoms with E-state index in [1.54, 1.807) is 26.0 Å². The summed E-state index contributed by atoms with van der Waals surface area (Å²) in [4.78, 5) is 0.199. The van der Waals surface area contributed by atoms with Gasteiger partial charge in [-0.2, -0.15) is 4.72 Å². The van der Waals surface area contributed by atoms with E-state index in [1.165, 1.54) is 0 Å². The zero-order valence-electron chi connectivity index (χ0n) is 16.3. The lowest BCUT2D eigenvalue weighted by Crippen LogP contribution is -2.31. The molecule has 1 aromatic heterocycles. The molecule has 0 aliphatic carbocycles. The number of aromatic nitrogens is 2. The smallest absolute Gasteiger partial charge is 0.335 e. The fourth-order valence-corrected chi connectivity index (χ4v) is 5.10. The molecule has 0 spiro atoms. The summed E-state index contributed by atoms with van der Waals surface area (Å²) < 4.78 is 57.1. The Kier molecular flexibility index (Phi) is 6.13. The molecule has 150 valence electrons. The minimum absolute atomic E-state index is 0.0740. The van der Waals surface area contributed by atoms with Gasteiger partial charge in [0.15, 0.2) is 0 Å². The summed E-state index contributed by atoms with van der Waals surface area (Å²) >= 11 is 0. The second kappa shape index (κ2) is 7.69. The van der Waals surface area contributed by atoms with E-state index in [0.717, 1.165) is 11.8 Å². The van der Waals surface area contributed by atoms with Crippen LogP contribution < -0.4 is 4.72 Å². The standard InChI is InChI=1S/C17H25N3O5S2/c1-10(2)7-14(16-18-19-17(25-16)26(6,21)22)20-27(23,24)15-12(4)8-11(3)9-13(15)5/h8-10,14,20H,7H2,1-6H3/t14-/m0/s1. The lowest BCUT2D eigenvalue weighted by Gasteiger charge is -2.19. The molecule has 0 aliphatic heterocycles. The van der Waals surface area contributed by atoms with Crippen LogP contribution in [0.3, 0.4) is 0 Å². The molecule has 2 rings (SSSR count). The SMILES string of the molecule is Cc1cc(C)c(S(=O)(=O)N[C@@H](CC(C)C)c2nnc(S(C)(=O)=O)o2)c(C)c1. The minimum Gasteiger partial charge on any atom is -0.411 e. The maximum atomic E-state index is 13.0. The number of hydrogen-bond acceptors (Lipinski definition) is 7. The molecule has 27 heavy (non-hydrogen) atoms. The third-order valence-corrected chi connectivity index (χ3v) is 6.49. The van der Waals surface area contributed by atoms with Crippen molar-refractivity contribution >= 4 is 19.9 Å². The highest BCUT2D eigenvalue weighted by atomic mass is 32.2. The van der Waals surface area contributed by atoms with E-state index in [2.05, 4.69) is 14.9 Å². The fourth-order valence-electron chi connectivity index (χ4n) is 3.02. The van der Waals surface area contributed by atoms with Crippen LogP contribution in [0.1, 0.15) is 48.9 Å². The molecule has 1 aromatic carbocycles. The number of sulfonamides is 1. The van der Waals surface area contributed by atoms with Gasteiger partial charge in [0.25, 0.3) is 0 Å². The first-order valence-corrected chi connectivity index (χ1v) is 11.8. The van der Waals surface area contributed by atoms with Crippen molar-refractivity contribution in [3.8, 4) is 0 Å². The summed E-state index contributed by atoms with van der Waals surface area (Å²) in [6, 6.07) is 2.76. The molecule has 0 fully saturated rings. The molecule has 0 saturated heterocycles. The Balaban J connectivity index is 2.46. The number of nitrogens with zero attached hydrogens (tertiary/aromatic N) is 2. The molecular formula is C17H25N3O5S2. The molecule has 1 N–H and O–H groups in total. The van der Waals surface area contributed by atoms with E-state index in [0.29, 0.717) is 17.5 Å². The normalized spacial score (nSPS) is 13.9. The number of rotatable bonds is 7. The summed E-state index contributed by atoms with van der Waals surface area (Å²) in [6.45, 7) is 9.20. The average Bonchev–Trinajstić information content (AvgIpc) is 2.93. The van der Waals surface area contributed by atoms with Gasteiger partial charge in [-0.3, -0.25) is 0 Å². The molecule has 0 bridgehead atoms. The summed E-state index contributed by atoms with van der Waals surface area (Å²) in [5, 5.41) is 6.74. The largest absolute Gasteiger partial charge is 0.411 e. The number of nitrogens with one attached hydrogen (secondary N) is 1. The van der Waals surface area contributed by atoms with Gasteiger partial charge in [-0.25, -0.2) is 16.8 Å². The van der Waals surface area contributed by atoms with Gasteiger partial charge in [0.2, 0.25) is 25.8 Å². The molecule has 0 aliphatic rings. The lowest BCUT2D eigenvalue weighted by atomic mass is 10.0. The summed E-state index contributed by atoms with van der Waals surface area (Å²) in [5.74, 6) is 0.0293. The molecule has 0 radical (unpaired) electrons. The maximum Gasteiger partial charge on any atom is 0.335 e. The molecule has 8 nitrogen and oxygen atoms in total. The predicted octanol–water partition coefficient (Wildman–Crippen LogP) is 2.46. The van der Waals surface area contributed by atoms with Crippen LogP contribution in [0.15, 0.2) is 26.7 Å². The van der Waals surface area contributed by atoms with Crippen molar-refractivity contribution in [1.82, 2.24) is 14.9 Å². The van der Waals surface area contributed by atoms with Crippen molar-refractivity contribution in [2.75, 3.05) is 6.26 Å². The first-order chi connectivity index (χ1) is 12.3. The van der Waals surface area contributed by atoms with E-state index in [9.17, 15) is 16.8 Å². The zero-order chi connectivity index (χ0) is 20.6. The summed E-state index contributed by atoms with van der Waals surface area (Å²) in [5.41, 5.74) is 2.23. The van der Waals surface area contributed by atoms with E-state index in [-0.39, 0.29) is 16.7 Å². The Morgan fingerprint density at radius 3 is 2.04 bits per heavy atom. The van der Waals surface area contributed by atoms with Gasteiger partial charge in [-0.1, -0.05) is 36.6 Å². The monoisotopic (exact) mass is 415 g/mol. The molecule has 0 unspecified atom stereocenters. The van der Waals surface area contributed by atoms with E-state index in [4.69, 9.17) is 4.42 Å². The summed E-state index contributed by atoms with van der Waals surface area (Å²) in [6.07, 6.45) is 1.32. The van der Waals surface area contributed by atoms with E-state index >= 15 is 0 Å². The van der Waals surface area contributed by atoms with Gasteiger partial charge < -0.3 is 4.42 Å². The highest BCUT2D eigenvalue weighted by Gasteiger charge is 2.29. The van der Waals surface area contributed by atoms with Gasteiger partial charge in [0.05, 0.1) is 4.90 Å².